The van der Waals surface area contributed by atoms with Crippen molar-refractivity contribution in [3.8, 4) is 0 Å². The molecule has 0 aliphatic rings. The van der Waals surface area contributed by atoms with Gasteiger partial charge in [-0.05, 0) is 24.6 Å². The van der Waals surface area contributed by atoms with Crippen LogP contribution in [-0.2, 0) is 0 Å². The molecular formula is C12H8Cl2N4O3. The number of rotatable bonds is 3. The molecule has 0 aliphatic carbocycles. The van der Waals surface area contributed by atoms with Crippen LogP contribution in [0.25, 0.3) is 0 Å². The first-order valence-electron chi connectivity index (χ1n) is 5.62. The van der Waals surface area contributed by atoms with Crippen LogP contribution < -0.4 is 5.32 Å². The van der Waals surface area contributed by atoms with Gasteiger partial charge in [-0.2, -0.15) is 0 Å². The van der Waals surface area contributed by atoms with E-state index < -0.39 is 16.5 Å². The van der Waals surface area contributed by atoms with Crippen molar-refractivity contribution >= 4 is 40.5 Å². The lowest BCUT2D eigenvalue weighted by atomic mass is 10.2. The second-order valence-electron chi connectivity index (χ2n) is 4.09. The van der Waals surface area contributed by atoms with Gasteiger partial charge in [0.2, 0.25) is 0 Å². The Morgan fingerprint density at radius 1 is 1.29 bits per heavy atom. The molecule has 2 aromatic heterocycles. The number of nitrogens with one attached hydrogen (secondary N) is 1. The van der Waals surface area contributed by atoms with Crippen molar-refractivity contribution in [1.29, 1.82) is 0 Å². The Labute approximate surface area is 129 Å². The molecule has 2 rings (SSSR count). The Morgan fingerprint density at radius 2 is 2.00 bits per heavy atom. The third-order valence-electron chi connectivity index (χ3n) is 2.51. The highest BCUT2D eigenvalue weighted by Crippen LogP contribution is 2.24. The van der Waals surface area contributed by atoms with Gasteiger partial charge in [-0.3, -0.25) is 14.9 Å². The van der Waals surface area contributed by atoms with Gasteiger partial charge in [0.1, 0.15) is 16.9 Å². The molecule has 0 saturated heterocycles. The number of nitrogens with zero attached hydrogens (tertiary/aromatic N) is 3. The predicted molar refractivity (Wildman–Crippen MR) is 77.8 cm³/mol. The van der Waals surface area contributed by atoms with Crippen molar-refractivity contribution in [2.45, 2.75) is 6.92 Å². The first kappa shape index (κ1) is 15.1. The molecule has 2 heterocycles. The number of nitro groups is 1. The van der Waals surface area contributed by atoms with Gasteiger partial charge in [-0.1, -0.05) is 23.2 Å². The minimum absolute atomic E-state index is 0.0285. The van der Waals surface area contributed by atoms with Gasteiger partial charge in [-0.15, -0.1) is 0 Å². The summed E-state index contributed by atoms with van der Waals surface area (Å²) in [7, 11) is 0. The SMILES string of the molecule is Cc1cnc(Cl)c(NC(=O)c2cc(Cl)ncc2[N+](=O)[O-])c1. The second-order valence-corrected chi connectivity index (χ2v) is 4.83. The van der Waals surface area contributed by atoms with Crippen LogP contribution in [0.3, 0.4) is 0 Å². The minimum atomic E-state index is -0.722. The number of anilines is 1. The van der Waals surface area contributed by atoms with Crippen LogP contribution in [0, 0.1) is 17.0 Å². The lowest BCUT2D eigenvalue weighted by Gasteiger charge is -2.08. The Balaban J connectivity index is 2.39. The van der Waals surface area contributed by atoms with Crippen LogP contribution in [0.4, 0.5) is 11.4 Å². The average molecular weight is 327 g/mol. The maximum atomic E-state index is 12.2. The largest absolute Gasteiger partial charge is 0.319 e. The van der Waals surface area contributed by atoms with Gasteiger partial charge < -0.3 is 5.32 Å². The molecule has 0 unspecified atom stereocenters. The summed E-state index contributed by atoms with van der Waals surface area (Å²) in [5.74, 6) is -0.722. The lowest BCUT2D eigenvalue weighted by Crippen LogP contribution is -2.15. The zero-order chi connectivity index (χ0) is 15.6. The fourth-order valence-electron chi connectivity index (χ4n) is 1.58. The second kappa shape index (κ2) is 6.02. The summed E-state index contributed by atoms with van der Waals surface area (Å²) >= 11 is 11.5. The summed E-state index contributed by atoms with van der Waals surface area (Å²) < 4.78 is 0. The summed E-state index contributed by atoms with van der Waals surface area (Å²) in [6, 6.07) is 2.72. The Hall–Kier alpha value is -2.25. The van der Waals surface area contributed by atoms with E-state index in [9.17, 15) is 14.9 Å². The van der Waals surface area contributed by atoms with Crippen molar-refractivity contribution in [1.82, 2.24) is 9.97 Å². The van der Waals surface area contributed by atoms with Crippen molar-refractivity contribution < 1.29 is 9.72 Å². The highest BCUT2D eigenvalue weighted by atomic mass is 35.5. The highest BCUT2D eigenvalue weighted by molar-refractivity contribution is 6.33. The molecule has 1 amide bonds. The van der Waals surface area contributed by atoms with Crippen molar-refractivity contribution in [2.75, 3.05) is 5.32 Å². The van der Waals surface area contributed by atoms with E-state index in [-0.39, 0.29) is 21.6 Å². The average Bonchev–Trinajstić information content (AvgIpc) is 2.42. The summed E-state index contributed by atoms with van der Waals surface area (Å²) in [5, 5.41) is 13.4. The standard InChI is InChI=1S/C12H8Cl2N4O3/c1-6-2-8(11(14)16-4-6)17-12(19)7-3-10(13)15-5-9(7)18(20)21/h2-5H,1H3,(H,17,19). The van der Waals surface area contributed by atoms with E-state index in [0.29, 0.717) is 0 Å². The number of aryl methyl sites for hydroxylation is 1. The molecular weight excluding hydrogens is 319 g/mol. The van der Waals surface area contributed by atoms with Crippen LogP contribution in [-0.4, -0.2) is 20.8 Å². The van der Waals surface area contributed by atoms with Crippen LogP contribution in [0.2, 0.25) is 10.3 Å². The molecule has 0 saturated carbocycles. The van der Waals surface area contributed by atoms with Crippen LogP contribution in [0.5, 0.6) is 0 Å². The van der Waals surface area contributed by atoms with Crippen molar-refractivity contribution in [3.05, 3.63) is 56.1 Å². The topological polar surface area (TPSA) is 98.0 Å². The summed E-state index contributed by atoms with van der Waals surface area (Å²) in [6.45, 7) is 1.77. The fourth-order valence-corrected chi connectivity index (χ4v) is 1.89. The molecule has 0 aliphatic heterocycles. The van der Waals surface area contributed by atoms with Gasteiger partial charge in [0.05, 0.1) is 10.6 Å². The number of carbonyl (C=O) groups is 1. The van der Waals surface area contributed by atoms with Gasteiger partial charge in [-0.25, -0.2) is 9.97 Å². The number of pyridine rings is 2. The van der Waals surface area contributed by atoms with E-state index in [4.69, 9.17) is 23.2 Å². The normalized spacial score (nSPS) is 10.2. The molecule has 0 radical (unpaired) electrons. The van der Waals surface area contributed by atoms with Gasteiger partial charge in [0.15, 0.2) is 5.15 Å². The molecule has 21 heavy (non-hydrogen) atoms. The first-order valence-corrected chi connectivity index (χ1v) is 6.37. The zero-order valence-electron chi connectivity index (χ0n) is 10.6. The molecule has 2 aromatic rings. The van der Waals surface area contributed by atoms with Crippen LogP contribution >= 0.6 is 23.2 Å². The van der Waals surface area contributed by atoms with E-state index in [1.165, 1.54) is 6.20 Å². The number of hydrogen-bond acceptors (Lipinski definition) is 5. The lowest BCUT2D eigenvalue weighted by molar-refractivity contribution is -0.385. The molecule has 0 atom stereocenters. The number of aromatic nitrogens is 2. The summed E-state index contributed by atoms with van der Waals surface area (Å²) in [6.07, 6.45) is 2.46. The molecule has 0 fully saturated rings. The number of amides is 1. The van der Waals surface area contributed by atoms with E-state index in [2.05, 4.69) is 15.3 Å². The Bertz CT molecular complexity index is 736. The predicted octanol–water partition coefficient (Wildman–Crippen LogP) is 3.25. The minimum Gasteiger partial charge on any atom is -0.319 e. The summed E-state index contributed by atoms with van der Waals surface area (Å²) in [4.78, 5) is 29.8. The quantitative estimate of drug-likeness (QED) is 0.530. The van der Waals surface area contributed by atoms with Crippen LogP contribution in [0.1, 0.15) is 15.9 Å². The fraction of sp³-hybridized carbons (Fsp3) is 0.0833. The Kier molecular flexibility index (Phi) is 4.35. The van der Waals surface area contributed by atoms with E-state index in [0.717, 1.165) is 17.8 Å². The van der Waals surface area contributed by atoms with Crippen molar-refractivity contribution in [3.63, 3.8) is 0 Å². The van der Waals surface area contributed by atoms with E-state index in [1.54, 1.807) is 13.0 Å². The maximum Gasteiger partial charge on any atom is 0.300 e. The number of carbonyl (C=O) groups excluding carboxylic acids is 1. The smallest absolute Gasteiger partial charge is 0.300 e. The van der Waals surface area contributed by atoms with Crippen LogP contribution in [0.15, 0.2) is 24.5 Å². The van der Waals surface area contributed by atoms with Crippen molar-refractivity contribution in [2.24, 2.45) is 0 Å². The van der Waals surface area contributed by atoms with Gasteiger partial charge in [0.25, 0.3) is 11.6 Å². The number of halogens is 2. The summed E-state index contributed by atoms with van der Waals surface area (Å²) in [5.41, 5.74) is 0.368. The molecule has 0 aromatic carbocycles. The molecule has 1 N–H and O–H groups in total. The molecule has 9 heteroatoms. The molecule has 108 valence electrons. The molecule has 0 bridgehead atoms. The zero-order valence-corrected chi connectivity index (χ0v) is 12.1. The van der Waals surface area contributed by atoms with Gasteiger partial charge >= 0.3 is 0 Å². The third kappa shape index (κ3) is 3.45. The van der Waals surface area contributed by atoms with Gasteiger partial charge in [0, 0.05) is 6.20 Å². The Morgan fingerprint density at radius 3 is 2.67 bits per heavy atom. The maximum absolute atomic E-state index is 12.2. The molecule has 0 spiro atoms. The van der Waals surface area contributed by atoms with E-state index >= 15 is 0 Å². The number of hydrogen-bond donors (Lipinski definition) is 1. The highest BCUT2D eigenvalue weighted by Gasteiger charge is 2.22. The first-order chi connectivity index (χ1) is 9.88. The molecule has 7 nitrogen and oxygen atoms in total. The third-order valence-corrected chi connectivity index (χ3v) is 3.02. The monoisotopic (exact) mass is 326 g/mol. The van der Waals surface area contributed by atoms with E-state index in [1.807, 2.05) is 0 Å².